The predicted molar refractivity (Wildman–Crippen MR) is 62.7 cm³/mol. The number of carbonyl (C=O) groups excluding carboxylic acids is 1. The number of carbonyl (C=O) groups is 2. The van der Waals surface area contributed by atoms with Crippen molar-refractivity contribution in [2.24, 2.45) is 5.92 Å². The number of amides is 1. The molecule has 5 heteroatoms. The fraction of sp³-hybridized carbons (Fsp3) is 0.667. The molecule has 0 saturated heterocycles. The minimum Gasteiger partial charge on any atom is -0.480 e. The first kappa shape index (κ1) is 13.5. The van der Waals surface area contributed by atoms with Gasteiger partial charge in [-0.05, 0) is 31.6 Å². The lowest BCUT2D eigenvalue weighted by Crippen LogP contribution is -2.56. The Morgan fingerprint density at radius 1 is 1.53 bits per heavy atom. The molecule has 2 N–H and O–H groups in total. The second-order valence-corrected chi connectivity index (χ2v) is 4.58. The summed E-state index contributed by atoms with van der Waals surface area (Å²) in [5.74, 6) is -0.478. The molecule has 0 radical (unpaired) electrons. The fourth-order valence-corrected chi connectivity index (χ4v) is 2.01. The van der Waals surface area contributed by atoms with Crippen LogP contribution in [-0.4, -0.2) is 29.3 Å². The van der Waals surface area contributed by atoms with Gasteiger partial charge in [0.15, 0.2) is 0 Å². The van der Waals surface area contributed by atoms with E-state index < -0.39 is 17.6 Å². The first-order chi connectivity index (χ1) is 8.00. The van der Waals surface area contributed by atoms with Gasteiger partial charge in [-0.3, -0.25) is 0 Å². The zero-order valence-electron chi connectivity index (χ0n) is 10.1. The zero-order chi connectivity index (χ0) is 12.9. The molecule has 0 aliphatic heterocycles. The van der Waals surface area contributed by atoms with E-state index in [1.54, 1.807) is 0 Å². The molecule has 1 rings (SSSR count). The van der Waals surface area contributed by atoms with Gasteiger partial charge in [0.2, 0.25) is 0 Å². The van der Waals surface area contributed by atoms with E-state index in [-0.39, 0.29) is 6.61 Å². The van der Waals surface area contributed by atoms with Gasteiger partial charge in [-0.15, -0.1) is 0 Å². The largest absolute Gasteiger partial charge is 0.480 e. The topological polar surface area (TPSA) is 75.6 Å². The lowest BCUT2D eigenvalue weighted by atomic mass is 9.77. The van der Waals surface area contributed by atoms with Crippen LogP contribution in [0.2, 0.25) is 0 Å². The summed E-state index contributed by atoms with van der Waals surface area (Å²) in [7, 11) is 0. The first-order valence-corrected chi connectivity index (χ1v) is 5.79. The molecule has 0 spiro atoms. The number of alkyl carbamates (subject to hydrolysis) is 1. The molecule has 0 atom stereocenters. The molecule has 0 aromatic heterocycles. The maximum atomic E-state index is 11.4. The van der Waals surface area contributed by atoms with Gasteiger partial charge in [0.25, 0.3) is 0 Å². The van der Waals surface area contributed by atoms with Gasteiger partial charge in [0.05, 0.1) is 0 Å². The minimum atomic E-state index is -1.16. The molecule has 1 aliphatic carbocycles. The van der Waals surface area contributed by atoms with Crippen molar-refractivity contribution in [1.82, 2.24) is 5.32 Å². The molecule has 0 heterocycles. The Morgan fingerprint density at radius 2 is 2.12 bits per heavy atom. The van der Waals surface area contributed by atoms with E-state index in [1.807, 2.05) is 0 Å². The third kappa shape index (κ3) is 3.47. The van der Waals surface area contributed by atoms with E-state index in [9.17, 15) is 14.7 Å². The normalized spacial score (nSPS) is 28.2. The highest BCUT2D eigenvalue weighted by Gasteiger charge is 2.42. The molecule has 0 bridgehead atoms. The Kier molecular flexibility index (Phi) is 4.54. The van der Waals surface area contributed by atoms with Gasteiger partial charge < -0.3 is 15.2 Å². The molecule has 17 heavy (non-hydrogen) atoms. The van der Waals surface area contributed by atoms with E-state index in [0.29, 0.717) is 18.8 Å². The van der Waals surface area contributed by atoms with Crippen molar-refractivity contribution in [3.63, 3.8) is 0 Å². The highest BCUT2D eigenvalue weighted by atomic mass is 16.5. The van der Waals surface area contributed by atoms with Crippen LogP contribution in [0.25, 0.3) is 0 Å². The average molecular weight is 241 g/mol. The van der Waals surface area contributed by atoms with Crippen LogP contribution in [0, 0.1) is 5.92 Å². The summed E-state index contributed by atoms with van der Waals surface area (Å²) in [5.41, 5.74) is -1.16. The van der Waals surface area contributed by atoms with Crippen LogP contribution in [-0.2, 0) is 9.53 Å². The maximum Gasteiger partial charge on any atom is 0.408 e. The quantitative estimate of drug-likeness (QED) is 0.737. The highest BCUT2D eigenvalue weighted by molar-refractivity contribution is 5.84. The standard InChI is InChI=1S/C12H19NO4/c1-3-8-17-11(16)13-12(10(14)15)6-4-9(2)5-7-12/h3,9H,1,4-8H2,2H3,(H,13,16)(H,14,15). The molecule has 96 valence electrons. The summed E-state index contributed by atoms with van der Waals surface area (Å²) in [6.45, 7) is 5.59. The number of carboxylic acid groups (broad SMARTS) is 1. The fourth-order valence-electron chi connectivity index (χ4n) is 2.01. The van der Waals surface area contributed by atoms with Crippen LogP contribution in [0.4, 0.5) is 4.79 Å². The van der Waals surface area contributed by atoms with Crippen molar-refractivity contribution >= 4 is 12.1 Å². The van der Waals surface area contributed by atoms with Crippen molar-refractivity contribution in [1.29, 1.82) is 0 Å². The van der Waals surface area contributed by atoms with Crippen molar-refractivity contribution in [2.75, 3.05) is 6.61 Å². The number of ether oxygens (including phenoxy) is 1. The van der Waals surface area contributed by atoms with Crippen LogP contribution in [0.1, 0.15) is 32.6 Å². The molecule has 0 aromatic carbocycles. The van der Waals surface area contributed by atoms with Gasteiger partial charge in [0, 0.05) is 0 Å². The molecular weight excluding hydrogens is 222 g/mol. The third-order valence-electron chi connectivity index (χ3n) is 3.21. The summed E-state index contributed by atoms with van der Waals surface area (Å²) < 4.78 is 4.76. The van der Waals surface area contributed by atoms with Crippen LogP contribution >= 0.6 is 0 Å². The van der Waals surface area contributed by atoms with E-state index in [0.717, 1.165) is 12.8 Å². The van der Waals surface area contributed by atoms with E-state index in [2.05, 4.69) is 18.8 Å². The Balaban J connectivity index is 2.63. The predicted octanol–water partition coefficient (Wildman–Crippen LogP) is 1.93. The van der Waals surface area contributed by atoms with Gasteiger partial charge in [-0.1, -0.05) is 19.6 Å². The highest BCUT2D eigenvalue weighted by Crippen LogP contribution is 2.32. The summed E-state index contributed by atoms with van der Waals surface area (Å²) >= 11 is 0. The Labute approximate surface area is 101 Å². The van der Waals surface area contributed by atoms with Gasteiger partial charge in [0.1, 0.15) is 12.1 Å². The van der Waals surface area contributed by atoms with Crippen LogP contribution in [0.3, 0.4) is 0 Å². The van der Waals surface area contributed by atoms with Gasteiger partial charge in [-0.2, -0.15) is 0 Å². The number of nitrogens with one attached hydrogen (secondary N) is 1. The first-order valence-electron chi connectivity index (χ1n) is 5.79. The molecule has 0 unspecified atom stereocenters. The van der Waals surface area contributed by atoms with Crippen molar-refractivity contribution in [3.8, 4) is 0 Å². The maximum absolute atomic E-state index is 11.4. The van der Waals surface area contributed by atoms with E-state index >= 15 is 0 Å². The SMILES string of the molecule is C=CCOC(=O)NC1(C(=O)O)CCC(C)CC1. The summed E-state index contributed by atoms with van der Waals surface area (Å²) in [5, 5.41) is 11.7. The number of hydrogen-bond donors (Lipinski definition) is 2. The van der Waals surface area contributed by atoms with Gasteiger partial charge in [-0.25, -0.2) is 9.59 Å². The molecule has 1 amide bonds. The van der Waals surface area contributed by atoms with Crippen LogP contribution < -0.4 is 5.32 Å². The average Bonchev–Trinajstić information content (AvgIpc) is 2.29. The number of carboxylic acids is 1. The van der Waals surface area contributed by atoms with Crippen molar-refractivity contribution in [2.45, 2.75) is 38.1 Å². The van der Waals surface area contributed by atoms with E-state index in [4.69, 9.17) is 4.74 Å². The second-order valence-electron chi connectivity index (χ2n) is 4.58. The number of rotatable bonds is 4. The van der Waals surface area contributed by atoms with Crippen molar-refractivity contribution < 1.29 is 19.4 Å². The molecule has 0 aromatic rings. The monoisotopic (exact) mass is 241 g/mol. The number of aliphatic carboxylic acids is 1. The van der Waals surface area contributed by atoms with Crippen LogP contribution in [0.15, 0.2) is 12.7 Å². The summed E-state index contributed by atoms with van der Waals surface area (Å²) in [6.07, 6.45) is 3.25. The Bertz CT molecular complexity index is 306. The Hall–Kier alpha value is -1.52. The summed E-state index contributed by atoms with van der Waals surface area (Å²) in [4.78, 5) is 22.7. The third-order valence-corrected chi connectivity index (χ3v) is 3.21. The second kappa shape index (κ2) is 5.70. The van der Waals surface area contributed by atoms with Gasteiger partial charge >= 0.3 is 12.1 Å². The Morgan fingerprint density at radius 3 is 2.59 bits per heavy atom. The molecule has 1 fully saturated rings. The smallest absolute Gasteiger partial charge is 0.408 e. The zero-order valence-corrected chi connectivity index (χ0v) is 10.1. The number of hydrogen-bond acceptors (Lipinski definition) is 3. The summed E-state index contributed by atoms with van der Waals surface area (Å²) in [6, 6.07) is 0. The van der Waals surface area contributed by atoms with Crippen LogP contribution in [0.5, 0.6) is 0 Å². The lowest BCUT2D eigenvalue weighted by Gasteiger charge is -2.35. The molecule has 1 saturated carbocycles. The van der Waals surface area contributed by atoms with E-state index in [1.165, 1.54) is 6.08 Å². The molecule has 5 nitrogen and oxygen atoms in total. The van der Waals surface area contributed by atoms with Crippen molar-refractivity contribution in [3.05, 3.63) is 12.7 Å². The molecule has 1 aliphatic rings. The minimum absolute atomic E-state index is 0.0813. The molecular formula is C12H19NO4. The lowest BCUT2D eigenvalue weighted by molar-refractivity contribution is -0.146.